The Morgan fingerprint density at radius 1 is 0.887 bits per heavy atom. The molecule has 1 saturated heterocycles. The molecule has 1 fully saturated rings. The van der Waals surface area contributed by atoms with Crippen LogP contribution in [0.3, 0.4) is 0 Å². The summed E-state index contributed by atoms with van der Waals surface area (Å²) in [5.41, 5.74) is 0.875. The van der Waals surface area contributed by atoms with E-state index in [0.717, 1.165) is 18.4 Å². The van der Waals surface area contributed by atoms with Crippen LogP contribution >= 0.6 is 0 Å². The van der Waals surface area contributed by atoms with Crippen LogP contribution in [0, 0.1) is 23.7 Å². The van der Waals surface area contributed by atoms with Crippen LogP contribution in [0.25, 0.3) is 0 Å². The Labute approximate surface area is 317 Å². The number of benzene rings is 1. The van der Waals surface area contributed by atoms with E-state index in [2.05, 4.69) is 16.0 Å². The number of amides is 4. The smallest absolute Gasteiger partial charge is 0.328 e. The van der Waals surface area contributed by atoms with Gasteiger partial charge in [-0.1, -0.05) is 85.2 Å². The molecule has 0 aliphatic carbocycles. The second kappa shape index (κ2) is 22.0. The largest absolute Gasteiger partial charge is 0.467 e. The van der Waals surface area contributed by atoms with Crippen molar-refractivity contribution in [2.24, 2.45) is 23.7 Å². The minimum absolute atomic E-state index is 0.00596. The molecule has 13 nitrogen and oxygen atoms in total. The van der Waals surface area contributed by atoms with Gasteiger partial charge in [-0.2, -0.15) is 0 Å². The van der Waals surface area contributed by atoms with Crippen LogP contribution in [-0.2, 0) is 44.6 Å². The Hall–Kier alpha value is -3.55. The maximum atomic E-state index is 14.2. The summed E-state index contributed by atoms with van der Waals surface area (Å²) in [5.74, 6) is -2.47. The molecule has 1 aliphatic rings. The first-order valence-electron chi connectivity index (χ1n) is 19.1. The molecule has 1 aromatic rings. The number of hydrogen-bond acceptors (Lipinski definition) is 9. The lowest BCUT2D eigenvalue weighted by Gasteiger charge is -2.41. The highest BCUT2D eigenvalue weighted by Gasteiger charge is 2.43. The Bertz CT molecular complexity index is 1330. The third-order valence-corrected chi connectivity index (χ3v) is 10.8. The van der Waals surface area contributed by atoms with Crippen LogP contribution in [0.4, 0.5) is 0 Å². The second-order valence-electron chi connectivity index (χ2n) is 15.1. The van der Waals surface area contributed by atoms with E-state index < -0.39 is 48.3 Å². The van der Waals surface area contributed by atoms with E-state index in [9.17, 15) is 24.0 Å². The van der Waals surface area contributed by atoms with E-state index in [1.807, 2.05) is 71.9 Å². The number of esters is 1. The van der Waals surface area contributed by atoms with E-state index in [4.69, 9.17) is 14.2 Å². The number of hydrogen-bond donors (Lipinski definition) is 3. The number of methoxy groups -OCH3 is 3. The lowest BCUT2D eigenvalue weighted by molar-refractivity contribution is -0.148. The highest BCUT2D eigenvalue weighted by atomic mass is 16.5. The Kier molecular flexibility index (Phi) is 18.9. The van der Waals surface area contributed by atoms with Crippen LogP contribution in [0.1, 0.15) is 79.7 Å². The van der Waals surface area contributed by atoms with Crippen molar-refractivity contribution in [1.29, 1.82) is 0 Å². The summed E-state index contributed by atoms with van der Waals surface area (Å²) < 4.78 is 16.9. The first-order valence-corrected chi connectivity index (χ1v) is 19.1. The van der Waals surface area contributed by atoms with Crippen molar-refractivity contribution >= 4 is 29.6 Å². The quantitative estimate of drug-likeness (QED) is 0.161. The monoisotopic (exact) mass is 745 g/mol. The van der Waals surface area contributed by atoms with Crippen LogP contribution in [0.5, 0.6) is 0 Å². The summed E-state index contributed by atoms with van der Waals surface area (Å²) in [7, 11) is 7.81. The Morgan fingerprint density at radius 3 is 2.02 bits per heavy atom. The predicted octanol–water partition coefficient (Wildman–Crippen LogP) is 3.19. The zero-order chi connectivity index (χ0) is 40.0. The summed E-state index contributed by atoms with van der Waals surface area (Å²) in [5, 5.41) is 8.88. The third-order valence-electron chi connectivity index (χ3n) is 10.8. The summed E-state index contributed by atoms with van der Waals surface area (Å²) in [4.78, 5) is 71.2. The molecule has 2 unspecified atom stereocenters. The van der Waals surface area contributed by atoms with Crippen LogP contribution in [-0.4, -0.2) is 124 Å². The highest BCUT2D eigenvalue weighted by molar-refractivity contribution is 5.90. The molecule has 1 heterocycles. The van der Waals surface area contributed by atoms with Crippen molar-refractivity contribution in [1.82, 2.24) is 25.8 Å². The molecule has 53 heavy (non-hydrogen) atoms. The van der Waals surface area contributed by atoms with Crippen molar-refractivity contribution < 1.29 is 38.2 Å². The maximum Gasteiger partial charge on any atom is 0.328 e. The summed E-state index contributed by atoms with van der Waals surface area (Å²) >= 11 is 0. The van der Waals surface area contributed by atoms with Gasteiger partial charge in [0.1, 0.15) is 12.1 Å². The van der Waals surface area contributed by atoms with Crippen molar-refractivity contribution in [3.05, 3.63) is 35.9 Å². The Morgan fingerprint density at radius 2 is 1.51 bits per heavy atom. The standard InChI is InChI=1S/C40H67N5O8/c1-13-26(6)35(44(9)39(49)34(25(4)5)43-38(48)33(41-8)24(2)3)31(51-10)23-32(46)45-21-17-20-30(45)36(52-11)27(7)37(47)42-29(40(50)53-12)22-28-18-15-14-16-19-28/h14-16,18-19,24-27,29-31,33-36,41H,13,17,20-23H2,1-12H3,(H,42,47)(H,43,48)/t26?,27-,29?,30+,31-,33+,34+,35+,36-/m1/s1. The fourth-order valence-corrected chi connectivity index (χ4v) is 7.54. The molecule has 0 spiro atoms. The molecule has 4 amide bonds. The van der Waals surface area contributed by atoms with Gasteiger partial charge in [0.2, 0.25) is 23.6 Å². The molecule has 0 bridgehead atoms. The molecular formula is C40H67N5O8. The van der Waals surface area contributed by atoms with Gasteiger partial charge in [-0.3, -0.25) is 19.2 Å². The van der Waals surface area contributed by atoms with Gasteiger partial charge in [-0.25, -0.2) is 4.79 Å². The van der Waals surface area contributed by atoms with Crippen molar-refractivity contribution in [2.75, 3.05) is 42.0 Å². The van der Waals surface area contributed by atoms with Crippen molar-refractivity contribution in [3.8, 4) is 0 Å². The minimum Gasteiger partial charge on any atom is -0.467 e. The first-order chi connectivity index (χ1) is 25.1. The van der Waals surface area contributed by atoms with Gasteiger partial charge in [-0.05, 0) is 43.2 Å². The van der Waals surface area contributed by atoms with Crippen LogP contribution < -0.4 is 16.0 Å². The number of nitrogens with one attached hydrogen (secondary N) is 3. The molecule has 2 rings (SSSR count). The predicted molar refractivity (Wildman–Crippen MR) is 205 cm³/mol. The maximum absolute atomic E-state index is 14.2. The fourth-order valence-electron chi connectivity index (χ4n) is 7.54. The number of rotatable bonds is 21. The van der Waals surface area contributed by atoms with Gasteiger partial charge >= 0.3 is 5.97 Å². The number of likely N-dealkylation sites (N-methyl/N-ethyl adjacent to an activating group) is 2. The summed E-state index contributed by atoms with van der Waals surface area (Å²) in [6.45, 7) is 14.0. The van der Waals surface area contributed by atoms with Crippen molar-refractivity contribution in [3.63, 3.8) is 0 Å². The molecular weight excluding hydrogens is 678 g/mol. The molecule has 13 heteroatoms. The van der Waals surface area contributed by atoms with Crippen LogP contribution in [0.15, 0.2) is 30.3 Å². The van der Waals surface area contributed by atoms with Gasteiger partial charge in [0.25, 0.3) is 0 Å². The van der Waals surface area contributed by atoms with Gasteiger partial charge in [0.05, 0.1) is 49.8 Å². The molecule has 0 saturated carbocycles. The van der Waals surface area contributed by atoms with Crippen molar-refractivity contribution in [2.45, 2.75) is 123 Å². The van der Waals surface area contributed by atoms with Gasteiger partial charge in [0.15, 0.2) is 0 Å². The number of carbonyl (C=O) groups is 5. The number of nitrogens with zero attached hydrogens (tertiary/aromatic N) is 2. The molecule has 3 N–H and O–H groups in total. The average molecular weight is 746 g/mol. The number of carbonyl (C=O) groups excluding carboxylic acids is 5. The third kappa shape index (κ3) is 12.2. The highest BCUT2D eigenvalue weighted by Crippen LogP contribution is 2.30. The molecule has 1 aromatic carbocycles. The normalized spacial score (nSPS) is 19.1. The van der Waals surface area contributed by atoms with E-state index in [-0.39, 0.29) is 60.3 Å². The average Bonchev–Trinajstić information content (AvgIpc) is 3.62. The molecule has 1 aliphatic heterocycles. The first kappa shape index (κ1) is 45.6. The zero-order valence-electron chi connectivity index (χ0n) is 34.1. The fraction of sp³-hybridized carbons (Fsp3) is 0.725. The summed E-state index contributed by atoms with van der Waals surface area (Å²) in [6.07, 6.45) is 1.08. The van der Waals surface area contributed by atoms with Gasteiger partial charge < -0.3 is 40.0 Å². The lowest BCUT2D eigenvalue weighted by atomic mass is 9.89. The molecule has 0 radical (unpaired) electrons. The summed E-state index contributed by atoms with van der Waals surface area (Å²) in [6, 6.07) is 6.41. The number of likely N-dealkylation sites (tertiary alicyclic amines) is 1. The minimum atomic E-state index is -0.889. The molecule has 0 aromatic heterocycles. The zero-order valence-corrected chi connectivity index (χ0v) is 34.1. The molecule has 9 atom stereocenters. The van der Waals surface area contributed by atoms with Gasteiger partial charge in [0, 0.05) is 34.2 Å². The van der Waals surface area contributed by atoms with Gasteiger partial charge in [-0.15, -0.1) is 0 Å². The van der Waals surface area contributed by atoms with E-state index >= 15 is 0 Å². The second-order valence-corrected chi connectivity index (χ2v) is 15.1. The van der Waals surface area contributed by atoms with E-state index in [1.54, 1.807) is 37.9 Å². The van der Waals surface area contributed by atoms with E-state index in [1.165, 1.54) is 14.2 Å². The SMILES string of the molecule is CCC(C)[C@@H]([C@@H](CC(=O)N1CCC[C@H]1[C@H](OC)[C@@H](C)C(=O)NC(Cc1ccccc1)C(=O)OC)OC)N(C)C(=O)[C@@H](NC(=O)[C@@H](NC)C(C)C)C(C)C. The Balaban J connectivity index is 2.27. The van der Waals surface area contributed by atoms with Crippen LogP contribution in [0.2, 0.25) is 0 Å². The molecule has 300 valence electrons. The topological polar surface area (TPSA) is 156 Å². The number of ether oxygens (including phenoxy) is 3. The van der Waals surface area contributed by atoms with E-state index in [0.29, 0.717) is 13.0 Å². The lowest BCUT2D eigenvalue weighted by Crippen LogP contribution is -2.59.